The lowest BCUT2D eigenvalue weighted by Crippen LogP contribution is -2.17. The minimum absolute atomic E-state index is 0.941. The van der Waals surface area contributed by atoms with Crippen LogP contribution in [0.3, 0.4) is 0 Å². The molecule has 58 valence electrons. The second-order valence-corrected chi connectivity index (χ2v) is 2.67. The molecule has 0 saturated carbocycles. The van der Waals surface area contributed by atoms with Crippen LogP contribution in [0.5, 0.6) is 0 Å². The Balaban J connectivity index is 2.45. The summed E-state index contributed by atoms with van der Waals surface area (Å²) < 4.78 is 0. The molecule has 1 fully saturated rings. The van der Waals surface area contributed by atoms with E-state index in [1.54, 1.807) is 0 Å². The topological polar surface area (TPSA) is 23.5 Å². The molecule has 0 atom stereocenters. The molecule has 1 aliphatic rings. The zero-order chi connectivity index (χ0) is 7.40. The summed E-state index contributed by atoms with van der Waals surface area (Å²) in [5.41, 5.74) is 1.08. The Morgan fingerprint density at radius 3 is 2.50 bits per heavy atom. The fourth-order valence-electron chi connectivity index (χ4n) is 1.40. The molecule has 2 heteroatoms. The Labute approximate surface area is 62.2 Å². The molecule has 1 saturated heterocycles. The standard InChI is InChI=1S/C8H15NO/c1-2-8(7-10)9-5-3-4-6-9/h7,10H,2-6H2,1H3/b8-7+. The van der Waals surface area contributed by atoms with E-state index >= 15 is 0 Å². The molecule has 0 bridgehead atoms. The van der Waals surface area contributed by atoms with Crippen LogP contribution in [-0.4, -0.2) is 23.1 Å². The summed E-state index contributed by atoms with van der Waals surface area (Å²) in [6.45, 7) is 4.32. The number of allylic oxidation sites excluding steroid dienone is 1. The first-order valence-electron chi connectivity index (χ1n) is 3.96. The number of hydrogen-bond donors (Lipinski definition) is 1. The summed E-state index contributed by atoms with van der Waals surface area (Å²) in [6, 6.07) is 0. The van der Waals surface area contributed by atoms with Crippen LogP contribution < -0.4 is 0 Å². The van der Waals surface area contributed by atoms with Gasteiger partial charge in [-0.1, -0.05) is 6.92 Å². The Morgan fingerprint density at radius 1 is 1.50 bits per heavy atom. The number of hydrogen-bond acceptors (Lipinski definition) is 2. The monoisotopic (exact) mass is 141 g/mol. The summed E-state index contributed by atoms with van der Waals surface area (Å²) in [4.78, 5) is 2.25. The Morgan fingerprint density at radius 2 is 2.10 bits per heavy atom. The van der Waals surface area contributed by atoms with Crippen molar-refractivity contribution in [3.63, 3.8) is 0 Å². The van der Waals surface area contributed by atoms with E-state index in [-0.39, 0.29) is 0 Å². The van der Waals surface area contributed by atoms with Crippen molar-refractivity contribution in [3.8, 4) is 0 Å². The molecule has 0 radical (unpaired) electrons. The average molecular weight is 141 g/mol. The third-order valence-electron chi connectivity index (χ3n) is 2.02. The zero-order valence-electron chi connectivity index (χ0n) is 6.51. The Kier molecular flexibility index (Phi) is 2.60. The molecule has 0 aromatic heterocycles. The number of rotatable bonds is 2. The van der Waals surface area contributed by atoms with Crippen molar-refractivity contribution in [2.75, 3.05) is 13.1 Å². The molecular formula is C8H15NO. The second kappa shape index (κ2) is 3.49. The van der Waals surface area contributed by atoms with Crippen molar-refractivity contribution in [2.45, 2.75) is 26.2 Å². The SMILES string of the molecule is CC/C(=C\O)N1CCCC1. The highest BCUT2D eigenvalue weighted by Gasteiger charge is 2.12. The second-order valence-electron chi connectivity index (χ2n) is 2.67. The lowest BCUT2D eigenvalue weighted by molar-refractivity contribution is 0.372. The van der Waals surface area contributed by atoms with Gasteiger partial charge in [0.1, 0.15) is 0 Å². The molecule has 0 aromatic rings. The summed E-state index contributed by atoms with van der Waals surface area (Å²) in [7, 11) is 0. The molecule has 1 aliphatic heterocycles. The summed E-state index contributed by atoms with van der Waals surface area (Å²) >= 11 is 0. The highest BCUT2D eigenvalue weighted by Crippen LogP contribution is 2.15. The van der Waals surface area contributed by atoms with Gasteiger partial charge >= 0.3 is 0 Å². The number of likely N-dealkylation sites (tertiary alicyclic amines) is 1. The van der Waals surface area contributed by atoms with Gasteiger partial charge in [0.05, 0.1) is 6.26 Å². The van der Waals surface area contributed by atoms with E-state index in [0.717, 1.165) is 25.2 Å². The third-order valence-corrected chi connectivity index (χ3v) is 2.02. The van der Waals surface area contributed by atoms with Crippen molar-refractivity contribution in [1.29, 1.82) is 0 Å². The van der Waals surface area contributed by atoms with Gasteiger partial charge < -0.3 is 10.0 Å². The first-order valence-corrected chi connectivity index (χ1v) is 3.96. The fraction of sp³-hybridized carbons (Fsp3) is 0.750. The third kappa shape index (κ3) is 1.43. The molecule has 0 unspecified atom stereocenters. The molecule has 0 amide bonds. The van der Waals surface area contributed by atoms with Crippen molar-refractivity contribution < 1.29 is 5.11 Å². The van der Waals surface area contributed by atoms with E-state index in [1.807, 2.05) is 0 Å². The molecule has 0 spiro atoms. The van der Waals surface area contributed by atoms with E-state index in [2.05, 4.69) is 11.8 Å². The van der Waals surface area contributed by atoms with Gasteiger partial charge in [-0.05, 0) is 19.3 Å². The maximum absolute atomic E-state index is 8.78. The maximum atomic E-state index is 8.78. The zero-order valence-corrected chi connectivity index (χ0v) is 6.51. The maximum Gasteiger partial charge on any atom is 0.0982 e. The smallest absolute Gasteiger partial charge is 0.0982 e. The average Bonchev–Trinajstić information content (AvgIpc) is 2.43. The van der Waals surface area contributed by atoms with E-state index in [1.165, 1.54) is 19.1 Å². The summed E-state index contributed by atoms with van der Waals surface area (Å²) in [6.07, 6.45) is 4.73. The van der Waals surface area contributed by atoms with Gasteiger partial charge in [0.2, 0.25) is 0 Å². The predicted molar refractivity (Wildman–Crippen MR) is 41.8 cm³/mol. The van der Waals surface area contributed by atoms with E-state index in [0.29, 0.717) is 0 Å². The molecular weight excluding hydrogens is 126 g/mol. The lowest BCUT2D eigenvalue weighted by Gasteiger charge is -2.18. The van der Waals surface area contributed by atoms with Crippen LogP contribution in [0.1, 0.15) is 26.2 Å². The van der Waals surface area contributed by atoms with Crippen molar-refractivity contribution >= 4 is 0 Å². The normalized spacial score (nSPS) is 20.1. The largest absolute Gasteiger partial charge is 0.514 e. The number of aliphatic hydroxyl groups is 1. The first kappa shape index (κ1) is 7.45. The predicted octanol–water partition coefficient (Wildman–Crippen LogP) is 1.89. The van der Waals surface area contributed by atoms with Crippen molar-refractivity contribution in [1.82, 2.24) is 4.90 Å². The van der Waals surface area contributed by atoms with Gasteiger partial charge in [0, 0.05) is 18.8 Å². The van der Waals surface area contributed by atoms with Crippen molar-refractivity contribution in [2.24, 2.45) is 0 Å². The van der Waals surface area contributed by atoms with Crippen molar-refractivity contribution in [3.05, 3.63) is 12.0 Å². The quantitative estimate of drug-likeness (QED) is 0.593. The van der Waals surface area contributed by atoms with Crippen LogP contribution in [-0.2, 0) is 0 Å². The number of aliphatic hydroxyl groups excluding tert-OH is 1. The molecule has 0 aromatic carbocycles. The molecule has 2 nitrogen and oxygen atoms in total. The van der Waals surface area contributed by atoms with Crippen LogP contribution in [0.2, 0.25) is 0 Å². The molecule has 1 heterocycles. The van der Waals surface area contributed by atoms with Crippen LogP contribution in [0, 0.1) is 0 Å². The van der Waals surface area contributed by atoms with Gasteiger partial charge in [-0.25, -0.2) is 0 Å². The van der Waals surface area contributed by atoms with Crippen LogP contribution >= 0.6 is 0 Å². The molecule has 10 heavy (non-hydrogen) atoms. The highest BCUT2D eigenvalue weighted by molar-refractivity contribution is 4.97. The van der Waals surface area contributed by atoms with E-state index in [4.69, 9.17) is 5.11 Å². The minimum Gasteiger partial charge on any atom is -0.514 e. The number of nitrogens with zero attached hydrogens (tertiary/aromatic N) is 1. The first-order chi connectivity index (χ1) is 4.88. The summed E-state index contributed by atoms with van der Waals surface area (Å²) in [5.74, 6) is 0. The Hall–Kier alpha value is -0.660. The van der Waals surface area contributed by atoms with Gasteiger partial charge in [-0.3, -0.25) is 0 Å². The van der Waals surface area contributed by atoms with E-state index < -0.39 is 0 Å². The minimum atomic E-state index is 0.941. The van der Waals surface area contributed by atoms with Crippen LogP contribution in [0.15, 0.2) is 12.0 Å². The van der Waals surface area contributed by atoms with Gasteiger partial charge in [0.25, 0.3) is 0 Å². The lowest BCUT2D eigenvalue weighted by atomic mass is 10.3. The highest BCUT2D eigenvalue weighted by atomic mass is 16.2. The Bertz CT molecular complexity index is 125. The van der Waals surface area contributed by atoms with Crippen LogP contribution in [0.4, 0.5) is 0 Å². The molecule has 1 N–H and O–H groups in total. The van der Waals surface area contributed by atoms with E-state index in [9.17, 15) is 0 Å². The van der Waals surface area contributed by atoms with Gasteiger partial charge in [0.15, 0.2) is 0 Å². The fourth-order valence-corrected chi connectivity index (χ4v) is 1.40. The van der Waals surface area contributed by atoms with Crippen LogP contribution in [0.25, 0.3) is 0 Å². The summed E-state index contributed by atoms with van der Waals surface area (Å²) in [5, 5.41) is 8.78. The van der Waals surface area contributed by atoms with Gasteiger partial charge in [-0.2, -0.15) is 0 Å². The van der Waals surface area contributed by atoms with Gasteiger partial charge in [-0.15, -0.1) is 0 Å². The molecule has 1 rings (SSSR count). The molecule has 0 aliphatic carbocycles.